The van der Waals surface area contributed by atoms with Crippen molar-refractivity contribution < 1.29 is 9.59 Å². The van der Waals surface area contributed by atoms with Gasteiger partial charge in [0.2, 0.25) is 5.91 Å². The second-order valence-corrected chi connectivity index (χ2v) is 5.90. The van der Waals surface area contributed by atoms with Crippen molar-refractivity contribution in [3.05, 3.63) is 0 Å². The molecule has 0 aromatic carbocycles. The van der Waals surface area contributed by atoms with Crippen LogP contribution in [0, 0.1) is 17.8 Å². The lowest BCUT2D eigenvalue weighted by molar-refractivity contribution is -0.141. The second kappa shape index (κ2) is 5.65. The Balaban J connectivity index is 2.32. The standard InChI is InChI=1S/C14H25NO2/c1-9(2)13(16)8-11-6-12(7-11)14(17)15(5)10(3)4/h9-12H,6-8H2,1-5H3. The van der Waals surface area contributed by atoms with Crippen LogP contribution in [0.2, 0.25) is 0 Å². The first-order valence-electron chi connectivity index (χ1n) is 6.62. The maximum absolute atomic E-state index is 12.0. The van der Waals surface area contributed by atoms with E-state index in [1.165, 1.54) is 0 Å². The lowest BCUT2D eigenvalue weighted by Gasteiger charge is -2.37. The van der Waals surface area contributed by atoms with E-state index < -0.39 is 0 Å². The van der Waals surface area contributed by atoms with Gasteiger partial charge in [0.25, 0.3) is 0 Å². The largest absolute Gasteiger partial charge is 0.343 e. The molecule has 0 aliphatic heterocycles. The fourth-order valence-electron chi connectivity index (χ4n) is 2.17. The molecule has 0 aromatic heterocycles. The van der Waals surface area contributed by atoms with Gasteiger partial charge in [0, 0.05) is 31.3 Å². The fraction of sp³-hybridized carbons (Fsp3) is 0.857. The summed E-state index contributed by atoms with van der Waals surface area (Å²) in [6, 6.07) is 0.263. The van der Waals surface area contributed by atoms with Gasteiger partial charge in [-0.1, -0.05) is 13.8 Å². The molecule has 1 aliphatic carbocycles. The minimum absolute atomic E-state index is 0.128. The molecule has 3 nitrogen and oxygen atoms in total. The fourth-order valence-corrected chi connectivity index (χ4v) is 2.17. The van der Waals surface area contributed by atoms with Crippen molar-refractivity contribution >= 4 is 11.7 Å². The molecular weight excluding hydrogens is 214 g/mol. The van der Waals surface area contributed by atoms with Crippen molar-refractivity contribution in [2.45, 2.75) is 53.0 Å². The maximum atomic E-state index is 12.0. The van der Waals surface area contributed by atoms with E-state index >= 15 is 0 Å². The van der Waals surface area contributed by atoms with Gasteiger partial charge in [-0.3, -0.25) is 9.59 Å². The van der Waals surface area contributed by atoms with E-state index in [0.717, 1.165) is 12.8 Å². The summed E-state index contributed by atoms with van der Waals surface area (Å²) in [6.45, 7) is 7.93. The van der Waals surface area contributed by atoms with Gasteiger partial charge in [-0.2, -0.15) is 0 Å². The number of nitrogens with zero attached hydrogens (tertiary/aromatic N) is 1. The van der Waals surface area contributed by atoms with Crippen LogP contribution in [0.1, 0.15) is 47.0 Å². The summed E-state index contributed by atoms with van der Waals surface area (Å²) in [5.41, 5.74) is 0. The highest BCUT2D eigenvalue weighted by atomic mass is 16.2. The van der Waals surface area contributed by atoms with Gasteiger partial charge in [-0.25, -0.2) is 0 Å². The van der Waals surface area contributed by atoms with Crippen LogP contribution in [0.3, 0.4) is 0 Å². The molecule has 0 bridgehead atoms. The number of carbonyl (C=O) groups is 2. The molecule has 0 aromatic rings. The number of ketones is 1. The van der Waals surface area contributed by atoms with Crippen molar-refractivity contribution in [1.82, 2.24) is 4.90 Å². The molecule has 1 rings (SSSR count). The molecule has 0 unspecified atom stereocenters. The number of Topliss-reactive ketones (excluding diaryl/α,β-unsaturated/α-hetero) is 1. The van der Waals surface area contributed by atoms with Crippen molar-refractivity contribution in [2.75, 3.05) is 7.05 Å². The van der Waals surface area contributed by atoms with E-state index in [2.05, 4.69) is 0 Å². The Hall–Kier alpha value is -0.860. The zero-order valence-corrected chi connectivity index (χ0v) is 11.7. The Morgan fingerprint density at radius 2 is 1.71 bits per heavy atom. The van der Waals surface area contributed by atoms with Crippen LogP contribution in [0.4, 0.5) is 0 Å². The van der Waals surface area contributed by atoms with Gasteiger partial charge >= 0.3 is 0 Å². The summed E-state index contributed by atoms with van der Waals surface area (Å²) in [5, 5.41) is 0. The summed E-state index contributed by atoms with van der Waals surface area (Å²) >= 11 is 0. The highest BCUT2D eigenvalue weighted by molar-refractivity contribution is 5.82. The van der Waals surface area contributed by atoms with Crippen molar-refractivity contribution in [1.29, 1.82) is 0 Å². The Labute approximate surface area is 105 Å². The van der Waals surface area contributed by atoms with Gasteiger partial charge in [0.05, 0.1) is 0 Å². The quantitative estimate of drug-likeness (QED) is 0.739. The summed E-state index contributed by atoms with van der Waals surface area (Å²) in [4.78, 5) is 25.4. The predicted molar refractivity (Wildman–Crippen MR) is 68.6 cm³/mol. The molecule has 0 spiro atoms. The van der Waals surface area contributed by atoms with Crippen molar-refractivity contribution in [3.63, 3.8) is 0 Å². The SMILES string of the molecule is CC(C)C(=O)CC1CC(C(=O)N(C)C(C)C)C1. The molecule has 1 amide bonds. The molecule has 1 fully saturated rings. The Kier molecular flexibility index (Phi) is 4.72. The molecule has 3 heteroatoms. The van der Waals surface area contributed by atoms with Crippen LogP contribution in [-0.4, -0.2) is 29.7 Å². The maximum Gasteiger partial charge on any atom is 0.225 e. The zero-order chi connectivity index (χ0) is 13.2. The van der Waals surface area contributed by atoms with Crippen LogP contribution >= 0.6 is 0 Å². The first-order valence-corrected chi connectivity index (χ1v) is 6.62. The minimum atomic E-state index is 0.128. The average molecular weight is 239 g/mol. The predicted octanol–water partition coefficient (Wildman–Crippen LogP) is 2.49. The van der Waals surface area contributed by atoms with E-state index in [0.29, 0.717) is 18.1 Å². The van der Waals surface area contributed by atoms with Crippen molar-refractivity contribution in [3.8, 4) is 0 Å². The Bertz CT molecular complexity index is 291. The third-order valence-electron chi connectivity index (χ3n) is 3.84. The first-order chi connectivity index (χ1) is 7.82. The van der Waals surface area contributed by atoms with Gasteiger partial charge in [-0.05, 0) is 32.6 Å². The van der Waals surface area contributed by atoms with Gasteiger partial charge < -0.3 is 4.90 Å². The lowest BCUT2D eigenvalue weighted by Crippen LogP contribution is -2.43. The molecule has 1 aliphatic rings. The van der Waals surface area contributed by atoms with Crippen LogP contribution in [0.15, 0.2) is 0 Å². The third kappa shape index (κ3) is 3.55. The molecule has 0 N–H and O–H groups in total. The number of rotatable bonds is 5. The molecule has 0 atom stereocenters. The average Bonchev–Trinajstić information content (AvgIpc) is 2.19. The van der Waals surface area contributed by atoms with Gasteiger partial charge in [0.15, 0.2) is 0 Å². The van der Waals surface area contributed by atoms with Crippen LogP contribution in [0.5, 0.6) is 0 Å². The molecule has 0 radical (unpaired) electrons. The molecule has 17 heavy (non-hydrogen) atoms. The first kappa shape index (κ1) is 14.2. The monoisotopic (exact) mass is 239 g/mol. The second-order valence-electron chi connectivity index (χ2n) is 5.90. The van der Waals surface area contributed by atoms with Crippen molar-refractivity contribution in [2.24, 2.45) is 17.8 Å². The van der Waals surface area contributed by atoms with E-state index in [4.69, 9.17) is 0 Å². The van der Waals surface area contributed by atoms with Crippen LogP contribution in [0.25, 0.3) is 0 Å². The molecule has 98 valence electrons. The van der Waals surface area contributed by atoms with E-state index in [1.54, 1.807) is 0 Å². The zero-order valence-electron chi connectivity index (χ0n) is 11.7. The van der Waals surface area contributed by atoms with Crippen LogP contribution < -0.4 is 0 Å². The summed E-state index contributed by atoms with van der Waals surface area (Å²) < 4.78 is 0. The summed E-state index contributed by atoms with van der Waals surface area (Å²) in [7, 11) is 1.86. The van der Waals surface area contributed by atoms with Gasteiger partial charge in [0.1, 0.15) is 5.78 Å². The number of hydrogen-bond acceptors (Lipinski definition) is 2. The number of carbonyl (C=O) groups excluding carboxylic acids is 2. The lowest BCUT2D eigenvalue weighted by atomic mass is 9.71. The number of hydrogen-bond donors (Lipinski definition) is 0. The van der Waals surface area contributed by atoms with Crippen LogP contribution in [-0.2, 0) is 9.59 Å². The Morgan fingerprint density at radius 3 is 2.12 bits per heavy atom. The third-order valence-corrected chi connectivity index (χ3v) is 3.84. The molecule has 0 heterocycles. The highest BCUT2D eigenvalue weighted by Crippen LogP contribution is 2.38. The summed E-state index contributed by atoms with van der Waals surface area (Å²) in [5.74, 6) is 1.31. The molecule has 1 saturated carbocycles. The topological polar surface area (TPSA) is 37.4 Å². The van der Waals surface area contributed by atoms with Gasteiger partial charge in [-0.15, -0.1) is 0 Å². The number of amides is 1. The van der Waals surface area contributed by atoms with E-state index in [-0.39, 0.29) is 23.8 Å². The normalized spacial score (nSPS) is 23.7. The molecule has 0 saturated heterocycles. The molecular formula is C14H25NO2. The summed E-state index contributed by atoms with van der Waals surface area (Å²) in [6.07, 6.45) is 2.45. The minimum Gasteiger partial charge on any atom is -0.343 e. The smallest absolute Gasteiger partial charge is 0.225 e. The Morgan fingerprint density at radius 1 is 1.18 bits per heavy atom. The highest BCUT2D eigenvalue weighted by Gasteiger charge is 2.37. The van der Waals surface area contributed by atoms with E-state index in [9.17, 15) is 9.59 Å². The van der Waals surface area contributed by atoms with E-state index in [1.807, 2.05) is 39.6 Å².